The summed E-state index contributed by atoms with van der Waals surface area (Å²) in [6, 6.07) is 8.70. The van der Waals surface area contributed by atoms with Gasteiger partial charge in [-0.1, -0.05) is 12.1 Å². The van der Waals surface area contributed by atoms with Gasteiger partial charge in [0.2, 0.25) is 5.91 Å². The molecule has 4 nitrogen and oxygen atoms in total. The highest BCUT2D eigenvalue weighted by molar-refractivity contribution is 5.81. The summed E-state index contributed by atoms with van der Waals surface area (Å²) in [5.41, 5.74) is 2.51. The number of nitrogens with one attached hydrogen (secondary N) is 1. The molecule has 0 bridgehead atoms. The standard InChI is InChI=1S/C16H23N3O/c1-18-16(20)8-10-19(18)15-6-4-13(5-7-15)11-14-3-2-9-17-12-14/h4-7,14,17H,2-3,8-12H2,1H3. The van der Waals surface area contributed by atoms with Gasteiger partial charge < -0.3 is 5.32 Å². The number of carbonyl (C=O) groups excluding carboxylic acids is 1. The molecule has 1 unspecified atom stereocenters. The zero-order valence-corrected chi connectivity index (χ0v) is 12.1. The Labute approximate surface area is 120 Å². The molecule has 4 heteroatoms. The highest BCUT2D eigenvalue weighted by atomic mass is 16.2. The number of carbonyl (C=O) groups is 1. The van der Waals surface area contributed by atoms with E-state index in [1.54, 1.807) is 5.01 Å². The summed E-state index contributed by atoms with van der Waals surface area (Å²) in [5, 5.41) is 7.24. The Balaban J connectivity index is 1.63. The maximum absolute atomic E-state index is 11.6. The smallest absolute Gasteiger partial charge is 0.242 e. The van der Waals surface area contributed by atoms with Gasteiger partial charge in [-0.05, 0) is 56.0 Å². The number of hydrazine groups is 1. The van der Waals surface area contributed by atoms with Crippen LogP contribution in [0.5, 0.6) is 0 Å². The molecular weight excluding hydrogens is 250 g/mol. The minimum absolute atomic E-state index is 0.197. The predicted molar refractivity (Wildman–Crippen MR) is 80.5 cm³/mol. The molecule has 1 aromatic rings. The summed E-state index contributed by atoms with van der Waals surface area (Å²) in [5.74, 6) is 0.966. The Kier molecular flexibility index (Phi) is 3.92. The fraction of sp³-hybridized carbons (Fsp3) is 0.562. The van der Waals surface area contributed by atoms with E-state index in [1.165, 1.54) is 24.9 Å². The van der Waals surface area contributed by atoms with Crippen molar-refractivity contribution < 1.29 is 4.79 Å². The summed E-state index contributed by atoms with van der Waals surface area (Å²) in [6.07, 6.45) is 4.40. The van der Waals surface area contributed by atoms with Gasteiger partial charge in [0.05, 0.1) is 5.69 Å². The number of piperidine rings is 1. The van der Waals surface area contributed by atoms with Crippen LogP contribution < -0.4 is 10.3 Å². The van der Waals surface area contributed by atoms with Gasteiger partial charge in [0, 0.05) is 20.0 Å². The molecule has 2 heterocycles. The molecular formula is C16H23N3O. The summed E-state index contributed by atoms with van der Waals surface area (Å²) in [7, 11) is 1.84. The maximum Gasteiger partial charge on any atom is 0.242 e. The van der Waals surface area contributed by atoms with Crippen molar-refractivity contribution in [2.75, 3.05) is 31.7 Å². The lowest BCUT2D eigenvalue weighted by Gasteiger charge is -2.26. The van der Waals surface area contributed by atoms with E-state index >= 15 is 0 Å². The lowest BCUT2D eigenvalue weighted by atomic mass is 9.92. The first-order chi connectivity index (χ1) is 9.74. The van der Waals surface area contributed by atoms with Crippen molar-refractivity contribution in [1.82, 2.24) is 10.3 Å². The molecule has 2 saturated heterocycles. The summed E-state index contributed by atoms with van der Waals surface area (Å²) < 4.78 is 0. The third-order valence-corrected chi connectivity index (χ3v) is 4.42. The number of benzene rings is 1. The fourth-order valence-electron chi connectivity index (χ4n) is 3.19. The van der Waals surface area contributed by atoms with E-state index in [0.29, 0.717) is 6.42 Å². The number of amides is 1. The average Bonchev–Trinajstić information content (AvgIpc) is 2.81. The molecule has 20 heavy (non-hydrogen) atoms. The van der Waals surface area contributed by atoms with Gasteiger partial charge in [-0.3, -0.25) is 14.8 Å². The second kappa shape index (κ2) is 5.83. The first-order valence-corrected chi connectivity index (χ1v) is 7.58. The molecule has 0 aliphatic carbocycles. The molecule has 3 rings (SSSR count). The zero-order chi connectivity index (χ0) is 13.9. The van der Waals surface area contributed by atoms with Crippen molar-refractivity contribution in [2.45, 2.75) is 25.7 Å². The summed E-state index contributed by atoms with van der Waals surface area (Å²) >= 11 is 0. The molecule has 1 N–H and O–H groups in total. The quantitative estimate of drug-likeness (QED) is 0.912. The Morgan fingerprint density at radius 1 is 1.30 bits per heavy atom. The monoisotopic (exact) mass is 273 g/mol. The molecule has 2 fully saturated rings. The average molecular weight is 273 g/mol. The Morgan fingerprint density at radius 2 is 2.10 bits per heavy atom. The third kappa shape index (κ3) is 2.80. The highest BCUT2D eigenvalue weighted by Gasteiger charge is 2.25. The third-order valence-electron chi connectivity index (χ3n) is 4.42. The number of hydrogen-bond acceptors (Lipinski definition) is 3. The minimum Gasteiger partial charge on any atom is -0.316 e. The van der Waals surface area contributed by atoms with E-state index in [4.69, 9.17) is 0 Å². The van der Waals surface area contributed by atoms with Crippen molar-refractivity contribution in [3.8, 4) is 0 Å². The fourth-order valence-corrected chi connectivity index (χ4v) is 3.19. The van der Waals surface area contributed by atoms with Gasteiger partial charge in [0.25, 0.3) is 0 Å². The van der Waals surface area contributed by atoms with Crippen molar-refractivity contribution in [2.24, 2.45) is 5.92 Å². The Bertz CT molecular complexity index is 465. The van der Waals surface area contributed by atoms with Crippen LogP contribution in [0.1, 0.15) is 24.8 Å². The van der Waals surface area contributed by atoms with Crippen molar-refractivity contribution in [3.63, 3.8) is 0 Å². The molecule has 1 aromatic carbocycles. The van der Waals surface area contributed by atoms with E-state index in [-0.39, 0.29) is 5.91 Å². The van der Waals surface area contributed by atoms with Gasteiger partial charge in [0.1, 0.15) is 0 Å². The molecule has 108 valence electrons. The van der Waals surface area contributed by atoms with Gasteiger partial charge in [0.15, 0.2) is 0 Å². The molecule has 0 radical (unpaired) electrons. The van der Waals surface area contributed by atoms with Crippen LogP contribution in [-0.4, -0.2) is 37.6 Å². The van der Waals surface area contributed by atoms with E-state index in [0.717, 1.165) is 31.1 Å². The van der Waals surface area contributed by atoms with E-state index in [9.17, 15) is 4.79 Å². The van der Waals surface area contributed by atoms with Gasteiger partial charge in [-0.2, -0.15) is 0 Å². The van der Waals surface area contributed by atoms with Gasteiger partial charge >= 0.3 is 0 Å². The topological polar surface area (TPSA) is 35.6 Å². The molecule has 2 aliphatic heterocycles. The largest absolute Gasteiger partial charge is 0.316 e. The number of rotatable bonds is 3. The van der Waals surface area contributed by atoms with Gasteiger partial charge in [-0.15, -0.1) is 0 Å². The Hall–Kier alpha value is -1.55. The number of hydrogen-bond donors (Lipinski definition) is 1. The van der Waals surface area contributed by atoms with Crippen molar-refractivity contribution >= 4 is 11.6 Å². The molecule has 1 atom stereocenters. The van der Waals surface area contributed by atoms with Crippen LogP contribution in [-0.2, 0) is 11.2 Å². The first kappa shape index (κ1) is 13.4. The summed E-state index contributed by atoms with van der Waals surface area (Å²) in [6.45, 7) is 3.11. The SMILES string of the molecule is CN1C(=O)CCN1c1ccc(CC2CCCNC2)cc1. The second-order valence-electron chi connectivity index (χ2n) is 5.87. The van der Waals surface area contributed by atoms with E-state index in [1.807, 2.05) is 12.1 Å². The normalized spacial score (nSPS) is 23.4. The van der Waals surface area contributed by atoms with Crippen LogP contribution in [0, 0.1) is 5.92 Å². The van der Waals surface area contributed by atoms with Crippen LogP contribution in [0.3, 0.4) is 0 Å². The van der Waals surface area contributed by atoms with Crippen LogP contribution >= 0.6 is 0 Å². The molecule has 0 spiro atoms. The van der Waals surface area contributed by atoms with Crippen LogP contribution in [0.4, 0.5) is 5.69 Å². The van der Waals surface area contributed by atoms with Crippen LogP contribution in [0.25, 0.3) is 0 Å². The predicted octanol–water partition coefficient (Wildman–Crippen LogP) is 1.81. The van der Waals surface area contributed by atoms with Gasteiger partial charge in [-0.25, -0.2) is 0 Å². The maximum atomic E-state index is 11.6. The molecule has 2 aliphatic rings. The summed E-state index contributed by atoms with van der Waals surface area (Å²) in [4.78, 5) is 11.6. The number of anilines is 1. The Morgan fingerprint density at radius 3 is 2.70 bits per heavy atom. The van der Waals surface area contributed by atoms with Crippen LogP contribution in [0.2, 0.25) is 0 Å². The second-order valence-corrected chi connectivity index (χ2v) is 5.87. The molecule has 0 aromatic heterocycles. The first-order valence-electron chi connectivity index (χ1n) is 7.58. The molecule has 1 amide bonds. The van der Waals surface area contributed by atoms with Crippen molar-refractivity contribution in [3.05, 3.63) is 29.8 Å². The van der Waals surface area contributed by atoms with E-state index < -0.39 is 0 Å². The van der Waals surface area contributed by atoms with Crippen LogP contribution in [0.15, 0.2) is 24.3 Å². The zero-order valence-electron chi connectivity index (χ0n) is 12.1. The number of nitrogens with zero attached hydrogens (tertiary/aromatic N) is 2. The van der Waals surface area contributed by atoms with E-state index in [2.05, 4.69) is 29.6 Å². The molecule has 0 saturated carbocycles. The van der Waals surface area contributed by atoms with Crippen molar-refractivity contribution in [1.29, 1.82) is 0 Å². The lowest BCUT2D eigenvalue weighted by molar-refractivity contribution is -0.126. The highest BCUT2D eigenvalue weighted by Crippen LogP contribution is 2.23. The minimum atomic E-state index is 0.197. The lowest BCUT2D eigenvalue weighted by Crippen LogP contribution is -2.35.